The Balaban J connectivity index is 1.48. The Morgan fingerprint density at radius 1 is 1.12 bits per heavy atom. The fourth-order valence-corrected chi connectivity index (χ4v) is 2.56. The number of aromatic nitrogens is 1. The summed E-state index contributed by atoms with van der Waals surface area (Å²) in [7, 11) is 0. The highest BCUT2D eigenvalue weighted by atomic mass is 15.3. The van der Waals surface area contributed by atoms with Crippen LogP contribution >= 0.6 is 0 Å². The van der Waals surface area contributed by atoms with Gasteiger partial charge < -0.3 is 5.32 Å². The molecular formula is C13H20N4. The van der Waals surface area contributed by atoms with Gasteiger partial charge in [0.1, 0.15) is 0 Å². The number of hydrogen-bond donors (Lipinski definition) is 1. The molecule has 17 heavy (non-hydrogen) atoms. The van der Waals surface area contributed by atoms with E-state index >= 15 is 0 Å². The number of piperazine rings is 1. The molecule has 1 N–H and O–H groups in total. The van der Waals surface area contributed by atoms with Crippen molar-refractivity contribution in [3.05, 3.63) is 30.1 Å². The Labute approximate surface area is 103 Å². The molecule has 0 bridgehead atoms. The fraction of sp³-hybridized carbons (Fsp3) is 0.615. The first-order valence-corrected chi connectivity index (χ1v) is 6.48. The normalized spacial score (nSPS) is 23.5. The van der Waals surface area contributed by atoms with E-state index in [1.165, 1.54) is 44.8 Å². The Bertz CT molecular complexity index is 342. The predicted molar refractivity (Wildman–Crippen MR) is 67.7 cm³/mol. The third kappa shape index (κ3) is 2.65. The van der Waals surface area contributed by atoms with Crippen molar-refractivity contribution in [2.24, 2.45) is 0 Å². The second kappa shape index (κ2) is 5.12. The molecule has 4 nitrogen and oxygen atoms in total. The lowest BCUT2D eigenvalue weighted by molar-refractivity contribution is 0.0695. The highest BCUT2D eigenvalue weighted by molar-refractivity contribution is 5.09. The molecule has 0 spiro atoms. The summed E-state index contributed by atoms with van der Waals surface area (Å²) in [5.41, 5.74) is 1.37. The monoisotopic (exact) mass is 232 g/mol. The van der Waals surface area contributed by atoms with Gasteiger partial charge in [0, 0.05) is 64.2 Å². The summed E-state index contributed by atoms with van der Waals surface area (Å²) in [6.07, 6.45) is 3.76. The van der Waals surface area contributed by atoms with Gasteiger partial charge >= 0.3 is 0 Å². The Morgan fingerprint density at radius 2 is 1.82 bits per heavy atom. The van der Waals surface area contributed by atoms with E-state index in [2.05, 4.69) is 32.2 Å². The molecule has 2 aliphatic heterocycles. The SMILES string of the molecule is c1cc(CN2CCN(C3CNC3)CC2)ccn1. The molecule has 0 unspecified atom stereocenters. The van der Waals surface area contributed by atoms with Gasteiger partial charge in [0.05, 0.1) is 0 Å². The molecule has 2 saturated heterocycles. The van der Waals surface area contributed by atoms with Crippen LogP contribution in [0.3, 0.4) is 0 Å². The van der Waals surface area contributed by atoms with E-state index in [0.717, 1.165) is 12.6 Å². The largest absolute Gasteiger partial charge is 0.314 e. The molecule has 2 aliphatic rings. The molecule has 4 heteroatoms. The summed E-state index contributed by atoms with van der Waals surface area (Å²) >= 11 is 0. The van der Waals surface area contributed by atoms with Crippen LogP contribution in [0.1, 0.15) is 5.56 Å². The lowest BCUT2D eigenvalue weighted by atomic mass is 10.1. The van der Waals surface area contributed by atoms with Crippen LogP contribution in [-0.4, -0.2) is 60.1 Å². The Morgan fingerprint density at radius 3 is 2.41 bits per heavy atom. The third-order valence-corrected chi connectivity index (χ3v) is 3.84. The third-order valence-electron chi connectivity index (χ3n) is 3.84. The molecule has 1 aromatic heterocycles. The van der Waals surface area contributed by atoms with Crippen LogP contribution in [0, 0.1) is 0 Å². The van der Waals surface area contributed by atoms with Crippen LogP contribution < -0.4 is 5.32 Å². The quantitative estimate of drug-likeness (QED) is 0.805. The summed E-state index contributed by atoms with van der Waals surface area (Å²) in [4.78, 5) is 9.22. The molecule has 1 aromatic rings. The molecule has 0 amide bonds. The Kier molecular flexibility index (Phi) is 3.36. The first-order valence-electron chi connectivity index (χ1n) is 6.48. The van der Waals surface area contributed by atoms with E-state index in [1.807, 2.05) is 12.4 Å². The summed E-state index contributed by atoms with van der Waals surface area (Å²) in [5, 5.41) is 3.35. The maximum atomic E-state index is 4.06. The van der Waals surface area contributed by atoms with Crippen molar-refractivity contribution in [1.82, 2.24) is 20.1 Å². The summed E-state index contributed by atoms with van der Waals surface area (Å²) in [6.45, 7) is 8.26. The molecule has 0 aromatic carbocycles. The minimum Gasteiger partial charge on any atom is -0.314 e. The zero-order valence-corrected chi connectivity index (χ0v) is 10.2. The fourth-order valence-electron chi connectivity index (χ4n) is 2.56. The second-order valence-electron chi connectivity index (χ2n) is 4.98. The molecule has 92 valence electrons. The number of nitrogens with zero attached hydrogens (tertiary/aromatic N) is 3. The molecular weight excluding hydrogens is 212 g/mol. The van der Waals surface area contributed by atoms with E-state index in [4.69, 9.17) is 0 Å². The molecule has 3 heterocycles. The van der Waals surface area contributed by atoms with E-state index in [9.17, 15) is 0 Å². The second-order valence-corrected chi connectivity index (χ2v) is 4.98. The first kappa shape index (κ1) is 11.1. The van der Waals surface area contributed by atoms with Gasteiger partial charge in [-0.2, -0.15) is 0 Å². The molecule has 3 rings (SSSR count). The van der Waals surface area contributed by atoms with Crippen LogP contribution in [0.2, 0.25) is 0 Å². The molecule has 0 atom stereocenters. The van der Waals surface area contributed by atoms with Crippen molar-refractivity contribution in [2.75, 3.05) is 39.3 Å². The van der Waals surface area contributed by atoms with Gasteiger partial charge in [0.15, 0.2) is 0 Å². The van der Waals surface area contributed by atoms with Gasteiger partial charge in [-0.1, -0.05) is 0 Å². The molecule has 0 radical (unpaired) electrons. The molecule has 0 saturated carbocycles. The smallest absolute Gasteiger partial charge is 0.0346 e. The van der Waals surface area contributed by atoms with Gasteiger partial charge in [-0.15, -0.1) is 0 Å². The van der Waals surface area contributed by atoms with Gasteiger partial charge in [0.2, 0.25) is 0 Å². The van der Waals surface area contributed by atoms with Crippen LogP contribution in [0.4, 0.5) is 0 Å². The number of pyridine rings is 1. The highest BCUT2D eigenvalue weighted by Crippen LogP contribution is 2.11. The van der Waals surface area contributed by atoms with Gasteiger partial charge in [-0.05, 0) is 17.7 Å². The van der Waals surface area contributed by atoms with Crippen LogP contribution in [-0.2, 0) is 6.54 Å². The zero-order valence-electron chi connectivity index (χ0n) is 10.2. The number of rotatable bonds is 3. The molecule has 0 aliphatic carbocycles. The van der Waals surface area contributed by atoms with E-state index in [0.29, 0.717) is 0 Å². The highest BCUT2D eigenvalue weighted by Gasteiger charge is 2.27. The van der Waals surface area contributed by atoms with E-state index in [1.54, 1.807) is 0 Å². The summed E-state index contributed by atoms with van der Waals surface area (Å²) < 4.78 is 0. The van der Waals surface area contributed by atoms with Crippen molar-refractivity contribution >= 4 is 0 Å². The number of nitrogens with one attached hydrogen (secondary N) is 1. The maximum absolute atomic E-state index is 4.06. The minimum absolute atomic E-state index is 0.804. The van der Waals surface area contributed by atoms with E-state index in [-0.39, 0.29) is 0 Å². The van der Waals surface area contributed by atoms with Crippen molar-refractivity contribution in [3.8, 4) is 0 Å². The standard InChI is InChI=1S/C13H20N4/c1-3-14-4-2-12(1)11-16-5-7-17(8-6-16)13-9-15-10-13/h1-4,13,15H,5-11H2. The first-order chi connectivity index (χ1) is 8.42. The van der Waals surface area contributed by atoms with Gasteiger partial charge in [0.25, 0.3) is 0 Å². The summed E-state index contributed by atoms with van der Waals surface area (Å²) in [5.74, 6) is 0. The van der Waals surface area contributed by atoms with Crippen molar-refractivity contribution in [1.29, 1.82) is 0 Å². The topological polar surface area (TPSA) is 31.4 Å². The average Bonchev–Trinajstić information content (AvgIpc) is 2.31. The maximum Gasteiger partial charge on any atom is 0.0346 e. The molecule has 2 fully saturated rings. The van der Waals surface area contributed by atoms with Crippen LogP contribution in [0.5, 0.6) is 0 Å². The lowest BCUT2D eigenvalue weighted by Crippen LogP contribution is -2.61. The zero-order chi connectivity index (χ0) is 11.5. The van der Waals surface area contributed by atoms with Crippen LogP contribution in [0.15, 0.2) is 24.5 Å². The Hall–Kier alpha value is -0.970. The van der Waals surface area contributed by atoms with Gasteiger partial charge in [-0.3, -0.25) is 14.8 Å². The van der Waals surface area contributed by atoms with Crippen molar-refractivity contribution < 1.29 is 0 Å². The lowest BCUT2D eigenvalue weighted by Gasteiger charge is -2.43. The van der Waals surface area contributed by atoms with E-state index < -0.39 is 0 Å². The van der Waals surface area contributed by atoms with Crippen molar-refractivity contribution in [3.63, 3.8) is 0 Å². The predicted octanol–water partition coefficient (Wildman–Crippen LogP) is 0.171. The van der Waals surface area contributed by atoms with Gasteiger partial charge in [-0.25, -0.2) is 0 Å². The van der Waals surface area contributed by atoms with Crippen molar-refractivity contribution in [2.45, 2.75) is 12.6 Å². The van der Waals surface area contributed by atoms with Crippen LogP contribution in [0.25, 0.3) is 0 Å². The minimum atomic E-state index is 0.804. The average molecular weight is 232 g/mol. The number of hydrogen-bond acceptors (Lipinski definition) is 4. The summed E-state index contributed by atoms with van der Waals surface area (Å²) in [6, 6.07) is 5.03.